The Kier molecular flexibility index (Phi) is 27.7. The summed E-state index contributed by atoms with van der Waals surface area (Å²) in [5.41, 5.74) is 0. The molecule has 1 amide bonds. The summed E-state index contributed by atoms with van der Waals surface area (Å²) in [6.07, 6.45) is 14.2. The van der Waals surface area contributed by atoms with Crippen molar-refractivity contribution in [2.45, 2.75) is 104 Å². The second-order valence-electron chi connectivity index (χ2n) is 7.56. The number of allylic oxidation sites excluding steroid dienone is 4. The van der Waals surface area contributed by atoms with E-state index in [9.17, 15) is 24.6 Å². The molecule has 2 atom stereocenters. The van der Waals surface area contributed by atoms with E-state index in [1.165, 1.54) is 0 Å². The van der Waals surface area contributed by atoms with Gasteiger partial charge in [-0.05, 0) is 64.7 Å². The van der Waals surface area contributed by atoms with E-state index >= 15 is 0 Å². The monoisotopic (exact) mass is 492 g/mol. The summed E-state index contributed by atoms with van der Waals surface area (Å²) in [6, 6.07) is -0.778. The van der Waals surface area contributed by atoms with Gasteiger partial charge >= 0.3 is 43.7 Å². The fourth-order valence-corrected chi connectivity index (χ4v) is 2.58. The molecule has 0 aliphatic carbocycles. The topological polar surface area (TPSA) is 142 Å². The van der Waals surface area contributed by atoms with Crippen LogP contribution >= 0.6 is 0 Å². The molecule has 0 saturated carbocycles. The molecule has 8 nitrogen and oxygen atoms in total. The molecule has 0 rings (SSSR count). The zero-order valence-corrected chi connectivity index (χ0v) is 22.9. The molecule has 0 aromatic carbocycles. The number of hydrogen-bond donors (Lipinski definition) is 2. The maximum atomic E-state index is 11.3. The van der Waals surface area contributed by atoms with Crippen molar-refractivity contribution in [3.05, 3.63) is 24.3 Å². The van der Waals surface area contributed by atoms with Gasteiger partial charge < -0.3 is 30.4 Å². The second-order valence-corrected chi connectivity index (χ2v) is 7.56. The number of carboxylic acids is 2. The molecule has 0 aliphatic heterocycles. The molecule has 0 aliphatic rings. The standard InChI is InChI=1S/2C12H21NO3.Ca/c2*1-3-4-5-6-7-8-11(14)13-10(2)9-12(15)16;/h2*4-5,10H,3,6-9H2,1-2H3,(H,13,14)(H,15,16);/q;;+2/p-2/b2*5-4+;. The Labute approximate surface area is 228 Å². The van der Waals surface area contributed by atoms with Gasteiger partial charge in [0.15, 0.2) is 0 Å². The fraction of sp³-hybridized carbons (Fsp3) is 0.667. The third-order valence-electron chi connectivity index (χ3n) is 4.06. The van der Waals surface area contributed by atoms with Crippen LogP contribution in [-0.4, -0.2) is 78.7 Å². The molecule has 184 valence electrons. The first-order valence-electron chi connectivity index (χ1n) is 11.4. The van der Waals surface area contributed by atoms with E-state index < -0.39 is 18.0 Å². The SMILES string of the molecule is CC/C=C/CCCC(=O)NC(C)CC(=O)O.CC/C=C/CCCC([O-])=NC(C)CC(=O)[O-].[Ca+2]. The van der Waals surface area contributed by atoms with Crippen molar-refractivity contribution >= 4 is 61.5 Å². The molecule has 0 saturated heterocycles. The summed E-state index contributed by atoms with van der Waals surface area (Å²) in [4.78, 5) is 35.7. The largest absolute Gasteiger partial charge is 2.00 e. The predicted octanol–water partition coefficient (Wildman–Crippen LogP) is 2.13. The van der Waals surface area contributed by atoms with Crippen molar-refractivity contribution in [2.24, 2.45) is 4.99 Å². The maximum absolute atomic E-state index is 11.3. The number of nitrogens with zero attached hydrogens (tertiary/aromatic N) is 1. The van der Waals surface area contributed by atoms with Crippen LogP contribution in [0.2, 0.25) is 0 Å². The maximum Gasteiger partial charge on any atom is 2.00 e. The van der Waals surface area contributed by atoms with E-state index in [4.69, 9.17) is 5.11 Å². The van der Waals surface area contributed by atoms with Gasteiger partial charge in [-0.3, -0.25) is 9.59 Å². The van der Waals surface area contributed by atoms with Crippen LogP contribution in [0.25, 0.3) is 0 Å². The normalized spacial score (nSPS) is 13.0. The number of carboxylic acid groups (broad SMARTS) is 2. The number of aliphatic imine (C=N–C) groups is 1. The summed E-state index contributed by atoms with van der Waals surface area (Å²) < 4.78 is 0. The van der Waals surface area contributed by atoms with Gasteiger partial charge in [-0.1, -0.05) is 38.2 Å². The molecule has 2 N–H and O–H groups in total. The summed E-state index contributed by atoms with van der Waals surface area (Å²) in [5, 5.41) is 32.7. The van der Waals surface area contributed by atoms with Gasteiger partial charge in [0.2, 0.25) is 5.91 Å². The summed E-state index contributed by atoms with van der Waals surface area (Å²) >= 11 is 0. The minimum absolute atomic E-state index is 0. The number of carbonyl (C=O) groups excluding carboxylic acids is 2. The van der Waals surface area contributed by atoms with Crippen molar-refractivity contribution < 1.29 is 29.7 Å². The van der Waals surface area contributed by atoms with Crippen molar-refractivity contribution in [1.82, 2.24) is 5.32 Å². The Balaban J connectivity index is -0.000000529. The second kappa shape index (κ2) is 25.2. The third kappa shape index (κ3) is 30.6. The number of aliphatic carboxylic acids is 2. The summed E-state index contributed by atoms with van der Waals surface area (Å²) in [6.45, 7) is 7.42. The Morgan fingerprint density at radius 2 is 1.42 bits per heavy atom. The molecular weight excluding hydrogens is 452 g/mol. The van der Waals surface area contributed by atoms with Gasteiger partial charge in [0.05, 0.1) is 12.5 Å². The fourth-order valence-electron chi connectivity index (χ4n) is 2.58. The van der Waals surface area contributed by atoms with Crippen LogP contribution < -0.4 is 15.5 Å². The van der Waals surface area contributed by atoms with E-state index in [0.29, 0.717) is 12.8 Å². The van der Waals surface area contributed by atoms with Crippen LogP contribution in [0.1, 0.15) is 91.9 Å². The van der Waals surface area contributed by atoms with E-state index in [2.05, 4.69) is 42.4 Å². The minimum atomic E-state index is -1.17. The first-order valence-corrected chi connectivity index (χ1v) is 11.4. The molecule has 33 heavy (non-hydrogen) atoms. The van der Waals surface area contributed by atoms with Gasteiger partial charge in [0.1, 0.15) is 0 Å². The van der Waals surface area contributed by atoms with Crippen LogP contribution in [0.3, 0.4) is 0 Å². The van der Waals surface area contributed by atoms with Crippen LogP contribution in [0.4, 0.5) is 0 Å². The average molecular weight is 493 g/mol. The molecule has 0 radical (unpaired) electrons. The number of unbranched alkanes of at least 4 members (excludes halogenated alkanes) is 2. The number of carbonyl (C=O) groups is 3. The van der Waals surface area contributed by atoms with Crippen LogP contribution in [0, 0.1) is 0 Å². The molecule has 0 heterocycles. The zero-order chi connectivity index (χ0) is 24.8. The average Bonchev–Trinajstić information content (AvgIpc) is 2.66. The Hall–Kier alpha value is -1.38. The van der Waals surface area contributed by atoms with Crippen LogP contribution in [0.5, 0.6) is 0 Å². The van der Waals surface area contributed by atoms with Crippen LogP contribution in [-0.2, 0) is 14.4 Å². The minimum Gasteiger partial charge on any atom is -0.862 e. The van der Waals surface area contributed by atoms with Crippen LogP contribution in [0.15, 0.2) is 29.3 Å². The van der Waals surface area contributed by atoms with E-state index in [0.717, 1.165) is 38.5 Å². The van der Waals surface area contributed by atoms with E-state index in [1.54, 1.807) is 13.8 Å². The Morgan fingerprint density at radius 3 is 1.88 bits per heavy atom. The van der Waals surface area contributed by atoms with E-state index in [-0.39, 0.29) is 68.4 Å². The first kappa shape index (κ1) is 36.2. The van der Waals surface area contributed by atoms with Gasteiger partial charge in [-0.2, -0.15) is 0 Å². The first-order chi connectivity index (χ1) is 15.1. The van der Waals surface area contributed by atoms with E-state index in [1.807, 2.05) is 6.08 Å². The van der Waals surface area contributed by atoms with Crippen molar-refractivity contribution in [3.8, 4) is 0 Å². The van der Waals surface area contributed by atoms with Gasteiger partial charge in [-0.15, -0.1) is 0 Å². The van der Waals surface area contributed by atoms with Crippen molar-refractivity contribution in [2.75, 3.05) is 0 Å². The number of amides is 1. The molecule has 2 unspecified atom stereocenters. The smallest absolute Gasteiger partial charge is 0.862 e. The zero-order valence-electron chi connectivity index (χ0n) is 20.7. The summed E-state index contributed by atoms with van der Waals surface area (Å²) in [5.74, 6) is -2.36. The molecule has 0 bridgehead atoms. The van der Waals surface area contributed by atoms with Gasteiger partial charge in [0, 0.05) is 24.9 Å². The molecule has 0 aromatic heterocycles. The molecular formula is C24H40CaN2O6. The number of hydrogen-bond acceptors (Lipinski definition) is 6. The van der Waals surface area contributed by atoms with Gasteiger partial charge in [-0.25, -0.2) is 0 Å². The quantitative estimate of drug-likeness (QED) is 0.111. The third-order valence-corrected chi connectivity index (χ3v) is 4.06. The number of rotatable bonds is 16. The van der Waals surface area contributed by atoms with Gasteiger partial charge in [0.25, 0.3) is 0 Å². The van der Waals surface area contributed by atoms with Crippen molar-refractivity contribution in [1.29, 1.82) is 0 Å². The molecule has 0 fully saturated rings. The molecule has 0 aromatic rings. The predicted molar refractivity (Wildman–Crippen MR) is 129 cm³/mol. The summed E-state index contributed by atoms with van der Waals surface area (Å²) in [7, 11) is 0. The number of nitrogens with one attached hydrogen (secondary N) is 1. The molecule has 0 spiro atoms. The van der Waals surface area contributed by atoms with Crippen molar-refractivity contribution in [3.63, 3.8) is 0 Å². The molecule has 9 heteroatoms. The Bertz CT molecular complexity index is 620. The Morgan fingerprint density at radius 1 is 0.909 bits per heavy atom.